The van der Waals surface area contributed by atoms with Gasteiger partial charge >= 0.3 is 0 Å². The van der Waals surface area contributed by atoms with E-state index in [0.29, 0.717) is 12.1 Å². The van der Waals surface area contributed by atoms with Gasteiger partial charge in [0.05, 0.1) is 0 Å². The first-order chi connectivity index (χ1) is 6.07. The maximum atomic E-state index is 12.8. The molecule has 0 saturated heterocycles. The standard InChI is InChI=1S/C8H6F3NO/c1-12-8(13)6-4(9)2-3-5(10)7(6)11/h2-3H,1H3,(H,12,13). The molecule has 0 heterocycles. The highest BCUT2D eigenvalue weighted by Crippen LogP contribution is 2.15. The van der Waals surface area contributed by atoms with Crippen LogP contribution in [-0.2, 0) is 0 Å². The quantitative estimate of drug-likeness (QED) is 0.666. The van der Waals surface area contributed by atoms with Crippen LogP contribution in [0.3, 0.4) is 0 Å². The number of rotatable bonds is 1. The number of hydrogen-bond donors (Lipinski definition) is 1. The summed E-state index contributed by atoms with van der Waals surface area (Å²) in [6.45, 7) is 0. The van der Waals surface area contributed by atoms with E-state index in [1.54, 1.807) is 0 Å². The zero-order valence-corrected chi connectivity index (χ0v) is 6.70. The Morgan fingerprint density at radius 1 is 1.23 bits per heavy atom. The van der Waals surface area contributed by atoms with E-state index < -0.39 is 28.9 Å². The van der Waals surface area contributed by atoms with Gasteiger partial charge in [-0.2, -0.15) is 0 Å². The van der Waals surface area contributed by atoms with Crippen LogP contribution in [0.2, 0.25) is 0 Å². The van der Waals surface area contributed by atoms with Gasteiger partial charge in [0.2, 0.25) is 0 Å². The van der Waals surface area contributed by atoms with Crippen LogP contribution in [0, 0.1) is 17.5 Å². The van der Waals surface area contributed by atoms with Crippen molar-refractivity contribution in [2.24, 2.45) is 0 Å². The van der Waals surface area contributed by atoms with E-state index in [1.165, 1.54) is 7.05 Å². The maximum Gasteiger partial charge on any atom is 0.257 e. The third-order valence-electron chi connectivity index (χ3n) is 1.50. The van der Waals surface area contributed by atoms with Crippen LogP contribution in [0.5, 0.6) is 0 Å². The number of amides is 1. The number of benzene rings is 1. The molecule has 1 aromatic rings. The molecule has 0 aliphatic heterocycles. The highest BCUT2D eigenvalue weighted by Gasteiger charge is 2.19. The van der Waals surface area contributed by atoms with Gasteiger partial charge in [-0.15, -0.1) is 0 Å². The van der Waals surface area contributed by atoms with E-state index in [-0.39, 0.29) is 0 Å². The predicted molar refractivity (Wildman–Crippen MR) is 39.7 cm³/mol. The summed E-state index contributed by atoms with van der Waals surface area (Å²) in [4.78, 5) is 10.8. The van der Waals surface area contributed by atoms with Crippen LogP contribution in [0.25, 0.3) is 0 Å². The Kier molecular flexibility index (Phi) is 2.55. The zero-order valence-electron chi connectivity index (χ0n) is 6.70. The molecular weight excluding hydrogens is 183 g/mol. The first kappa shape index (κ1) is 9.57. The summed E-state index contributed by atoms with van der Waals surface area (Å²) in [5.41, 5.74) is -0.900. The average Bonchev–Trinajstić information content (AvgIpc) is 2.12. The van der Waals surface area contributed by atoms with Crippen LogP contribution < -0.4 is 5.32 Å². The lowest BCUT2D eigenvalue weighted by Crippen LogP contribution is -2.21. The molecule has 0 unspecified atom stereocenters. The lowest BCUT2D eigenvalue weighted by Gasteiger charge is -2.03. The van der Waals surface area contributed by atoms with Crippen molar-refractivity contribution in [2.45, 2.75) is 0 Å². The molecule has 0 aliphatic carbocycles. The van der Waals surface area contributed by atoms with Crippen LogP contribution in [0.15, 0.2) is 12.1 Å². The Morgan fingerprint density at radius 2 is 1.77 bits per heavy atom. The first-order valence-electron chi connectivity index (χ1n) is 3.43. The van der Waals surface area contributed by atoms with Crippen molar-refractivity contribution in [2.75, 3.05) is 7.05 Å². The molecule has 0 aliphatic rings. The summed E-state index contributed by atoms with van der Waals surface area (Å²) in [5.74, 6) is -4.80. The molecule has 1 N–H and O–H groups in total. The number of carbonyl (C=O) groups is 1. The van der Waals surface area contributed by atoms with E-state index in [9.17, 15) is 18.0 Å². The largest absolute Gasteiger partial charge is 0.355 e. The molecular formula is C8H6F3NO. The highest BCUT2D eigenvalue weighted by molar-refractivity contribution is 5.94. The lowest BCUT2D eigenvalue weighted by molar-refractivity contribution is 0.0953. The van der Waals surface area contributed by atoms with Crippen molar-refractivity contribution < 1.29 is 18.0 Å². The Hall–Kier alpha value is -1.52. The minimum atomic E-state index is -1.47. The summed E-state index contributed by atoms with van der Waals surface area (Å²) < 4.78 is 38.2. The molecule has 0 fully saturated rings. The number of hydrogen-bond acceptors (Lipinski definition) is 1. The minimum absolute atomic E-state index is 0.622. The van der Waals surface area contributed by atoms with Gasteiger partial charge in [-0.25, -0.2) is 13.2 Å². The summed E-state index contributed by atoms with van der Waals surface area (Å²) in [5, 5.41) is 2.00. The lowest BCUT2D eigenvalue weighted by atomic mass is 10.2. The first-order valence-corrected chi connectivity index (χ1v) is 3.43. The molecule has 0 bridgehead atoms. The second-order valence-electron chi connectivity index (χ2n) is 2.30. The fourth-order valence-corrected chi connectivity index (χ4v) is 0.860. The number of carbonyl (C=O) groups excluding carboxylic acids is 1. The van der Waals surface area contributed by atoms with Gasteiger partial charge in [0.25, 0.3) is 5.91 Å². The molecule has 5 heteroatoms. The van der Waals surface area contributed by atoms with Gasteiger partial charge in [-0.1, -0.05) is 0 Å². The topological polar surface area (TPSA) is 29.1 Å². The van der Waals surface area contributed by atoms with Crippen molar-refractivity contribution in [1.29, 1.82) is 0 Å². The van der Waals surface area contributed by atoms with Crippen molar-refractivity contribution in [3.8, 4) is 0 Å². The summed E-state index contributed by atoms with van der Waals surface area (Å²) in [6.07, 6.45) is 0. The SMILES string of the molecule is CNC(=O)c1c(F)ccc(F)c1F. The molecule has 0 spiro atoms. The van der Waals surface area contributed by atoms with Crippen LogP contribution >= 0.6 is 0 Å². The van der Waals surface area contributed by atoms with Gasteiger partial charge in [-0.05, 0) is 12.1 Å². The third kappa shape index (κ3) is 1.63. The minimum Gasteiger partial charge on any atom is -0.355 e. The second-order valence-corrected chi connectivity index (χ2v) is 2.30. The predicted octanol–water partition coefficient (Wildman–Crippen LogP) is 1.46. The van der Waals surface area contributed by atoms with Gasteiger partial charge in [-0.3, -0.25) is 4.79 Å². The second kappa shape index (κ2) is 3.47. The van der Waals surface area contributed by atoms with E-state index >= 15 is 0 Å². The molecule has 1 rings (SSSR count). The Labute approximate surface area is 72.4 Å². The molecule has 0 radical (unpaired) electrons. The number of halogens is 3. The monoisotopic (exact) mass is 189 g/mol. The maximum absolute atomic E-state index is 12.8. The van der Waals surface area contributed by atoms with Crippen LogP contribution in [-0.4, -0.2) is 13.0 Å². The van der Waals surface area contributed by atoms with Crippen molar-refractivity contribution >= 4 is 5.91 Å². The van der Waals surface area contributed by atoms with Crippen molar-refractivity contribution in [3.63, 3.8) is 0 Å². The van der Waals surface area contributed by atoms with Crippen LogP contribution in [0.4, 0.5) is 13.2 Å². The molecule has 1 aromatic carbocycles. The van der Waals surface area contributed by atoms with Crippen molar-refractivity contribution in [1.82, 2.24) is 5.32 Å². The Bertz CT molecular complexity index is 351. The molecule has 13 heavy (non-hydrogen) atoms. The van der Waals surface area contributed by atoms with Gasteiger partial charge < -0.3 is 5.32 Å². The summed E-state index contributed by atoms with van der Waals surface area (Å²) >= 11 is 0. The van der Waals surface area contributed by atoms with Gasteiger partial charge in [0, 0.05) is 7.05 Å². The summed E-state index contributed by atoms with van der Waals surface area (Å²) in [7, 11) is 1.20. The van der Waals surface area contributed by atoms with E-state index in [4.69, 9.17) is 0 Å². The van der Waals surface area contributed by atoms with Crippen molar-refractivity contribution in [3.05, 3.63) is 35.1 Å². The molecule has 70 valence electrons. The zero-order chi connectivity index (χ0) is 10.0. The van der Waals surface area contributed by atoms with Gasteiger partial charge in [0.1, 0.15) is 11.4 Å². The van der Waals surface area contributed by atoms with E-state index in [0.717, 1.165) is 0 Å². The Morgan fingerprint density at radius 3 is 2.31 bits per heavy atom. The molecule has 0 atom stereocenters. The van der Waals surface area contributed by atoms with E-state index in [2.05, 4.69) is 0 Å². The smallest absolute Gasteiger partial charge is 0.257 e. The molecule has 0 saturated carbocycles. The molecule has 2 nitrogen and oxygen atoms in total. The van der Waals surface area contributed by atoms with E-state index in [1.807, 2.05) is 5.32 Å². The fourth-order valence-electron chi connectivity index (χ4n) is 0.860. The van der Waals surface area contributed by atoms with Gasteiger partial charge in [0.15, 0.2) is 11.6 Å². The third-order valence-corrected chi connectivity index (χ3v) is 1.50. The summed E-state index contributed by atoms with van der Waals surface area (Å²) in [6, 6.07) is 1.32. The van der Waals surface area contributed by atoms with Crippen LogP contribution in [0.1, 0.15) is 10.4 Å². The molecule has 1 amide bonds. The highest BCUT2D eigenvalue weighted by atomic mass is 19.2. The number of nitrogens with one attached hydrogen (secondary N) is 1. The average molecular weight is 189 g/mol. The Balaban J connectivity index is 3.33. The molecule has 0 aromatic heterocycles. The normalized spacial score (nSPS) is 9.85. The fraction of sp³-hybridized carbons (Fsp3) is 0.125.